The minimum atomic E-state index is -1.33. The van der Waals surface area contributed by atoms with E-state index in [0.717, 1.165) is 12.1 Å². The number of rotatable bonds is 6. The van der Waals surface area contributed by atoms with Crippen LogP contribution in [0.1, 0.15) is 34.6 Å². The molecule has 4 rings (SSSR count). The van der Waals surface area contributed by atoms with Crippen LogP contribution in [0.25, 0.3) is 11.4 Å². The van der Waals surface area contributed by atoms with Crippen LogP contribution in [0.15, 0.2) is 42.5 Å². The van der Waals surface area contributed by atoms with Crippen LogP contribution < -0.4 is 16.0 Å². The number of aliphatic hydroxyl groups excluding tert-OH is 1. The average molecular weight is 439 g/mol. The second-order valence-corrected chi connectivity index (χ2v) is 7.04. The molecular weight excluding hydrogens is 420 g/mol. The van der Waals surface area contributed by atoms with Gasteiger partial charge in [0.25, 0.3) is 11.8 Å². The molecule has 0 bridgehead atoms. The molecule has 4 N–H and O–H groups in total. The van der Waals surface area contributed by atoms with Crippen molar-refractivity contribution in [3.8, 4) is 11.4 Å². The molecule has 8 nitrogen and oxygen atoms in total. The number of aliphatic hydroxyl groups is 1. The van der Waals surface area contributed by atoms with Gasteiger partial charge in [0.15, 0.2) is 11.9 Å². The lowest BCUT2D eigenvalue weighted by molar-refractivity contribution is -0.129. The molecule has 0 saturated carbocycles. The van der Waals surface area contributed by atoms with Gasteiger partial charge in [-0.1, -0.05) is 18.2 Å². The van der Waals surface area contributed by atoms with Crippen molar-refractivity contribution in [2.45, 2.75) is 19.6 Å². The molecule has 1 aromatic heterocycles. The van der Waals surface area contributed by atoms with E-state index in [9.17, 15) is 23.5 Å². The van der Waals surface area contributed by atoms with Gasteiger partial charge in [-0.05, 0) is 36.8 Å². The summed E-state index contributed by atoms with van der Waals surface area (Å²) < 4.78 is 28.6. The monoisotopic (exact) mass is 439 g/mol. The topological polar surface area (TPSA) is 116 Å². The molecule has 0 saturated heterocycles. The van der Waals surface area contributed by atoms with Gasteiger partial charge in [-0.25, -0.2) is 18.7 Å². The number of nitrogens with one attached hydrogen (secondary N) is 3. The Bertz CT molecular complexity index is 1180. The number of nitrogens with zero attached hydrogens (tertiary/aromatic N) is 2. The number of halogens is 2. The first-order chi connectivity index (χ1) is 15.4. The quantitative estimate of drug-likeness (QED) is 0.469. The van der Waals surface area contributed by atoms with Crippen LogP contribution in [0, 0.1) is 11.6 Å². The second-order valence-electron chi connectivity index (χ2n) is 7.04. The lowest BCUT2D eigenvalue weighted by Crippen LogP contribution is -2.28. The second kappa shape index (κ2) is 8.67. The predicted molar refractivity (Wildman–Crippen MR) is 112 cm³/mol. The minimum absolute atomic E-state index is 0.0830. The number of hydrogen-bond acceptors (Lipinski definition) is 6. The molecule has 1 aliphatic heterocycles. The largest absolute Gasteiger partial charge is 0.378 e. The van der Waals surface area contributed by atoms with Gasteiger partial charge in [-0.3, -0.25) is 9.59 Å². The number of amides is 2. The van der Waals surface area contributed by atoms with E-state index in [1.54, 1.807) is 31.2 Å². The molecule has 1 atom stereocenters. The zero-order valence-corrected chi connectivity index (χ0v) is 16.9. The van der Waals surface area contributed by atoms with Crippen molar-refractivity contribution in [3.63, 3.8) is 0 Å². The van der Waals surface area contributed by atoms with Crippen molar-refractivity contribution >= 4 is 23.3 Å². The van der Waals surface area contributed by atoms with E-state index in [1.807, 2.05) is 0 Å². The maximum absolute atomic E-state index is 14.3. The number of fused-ring (bicyclic) bond motifs is 1. The van der Waals surface area contributed by atoms with Crippen LogP contribution in [-0.4, -0.2) is 33.4 Å². The third-order valence-electron chi connectivity index (χ3n) is 4.90. The van der Waals surface area contributed by atoms with Crippen molar-refractivity contribution in [1.82, 2.24) is 20.6 Å². The number of likely N-dealkylation sites (N-methyl/N-ethyl adjacent to an activating group) is 1. The van der Waals surface area contributed by atoms with Crippen molar-refractivity contribution < 1.29 is 23.5 Å². The molecular formula is C22H19F2N5O3. The summed E-state index contributed by atoms with van der Waals surface area (Å²) in [6.45, 7) is 2.24. The maximum Gasteiger partial charge on any atom is 0.257 e. The highest BCUT2D eigenvalue weighted by Crippen LogP contribution is 2.30. The van der Waals surface area contributed by atoms with Gasteiger partial charge < -0.3 is 21.1 Å². The summed E-state index contributed by atoms with van der Waals surface area (Å²) in [7, 11) is 0. The van der Waals surface area contributed by atoms with Gasteiger partial charge in [-0.2, -0.15) is 0 Å². The molecule has 32 heavy (non-hydrogen) atoms. The number of aromatic nitrogens is 2. The highest BCUT2D eigenvalue weighted by molar-refractivity contribution is 6.03. The van der Waals surface area contributed by atoms with Gasteiger partial charge in [0.05, 0.1) is 17.8 Å². The number of hydrogen-bond donors (Lipinski definition) is 4. The van der Waals surface area contributed by atoms with Gasteiger partial charge in [0, 0.05) is 12.2 Å². The zero-order chi connectivity index (χ0) is 22.8. The third kappa shape index (κ3) is 4.00. The van der Waals surface area contributed by atoms with E-state index in [1.165, 1.54) is 6.07 Å². The Morgan fingerprint density at radius 1 is 1.12 bits per heavy atom. The number of anilines is 2. The molecule has 1 aliphatic rings. The molecule has 1 unspecified atom stereocenters. The molecule has 2 aromatic carbocycles. The summed E-state index contributed by atoms with van der Waals surface area (Å²) >= 11 is 0. The highest BCUT2D eigenvalue weighted by atomic mass is 19.1. The van der Waals surface area contributed by atoms with Crippen LogP contribution in [0.4, 0.5) is 20.3 Å². The Balaban J connectivity index is 1.69. The van der Waals surface area contributed by atoms with Gasteiger partial charge in [0.1, 0.15) is 23.0 Å². The summed E-state index contributed by atoms with van der Waals surface area (Å²) in [4.78, 5) is 32.5. The Hall–Kier alpha value is -3.92. The molecule has 2 heterocycles. The molecule has 3 aromatic rings. The first-order valence-corrected chi connectivity index (χ1v) is 9.85. The van der Waals surface area contributed by atoms with Gasteiger partial charge in [-0.15, -0.1) is 0 Å². The summed E-state index contributed by atoms with van der Waals surface area (Å²) in [6, 6.07) is 9.70. The van der Waals surface area contributed by atoms with Crippen LogP contribution >= 0.6 is 0 Å². The summed E-state index contributed by atoms with van der Waals surface area (Å²) in [5.74, 6) is -2.68. The Morgan fingerprint density at radius 2 is 1.81 bits per heavy atom. The molecule has 0 spiro atoms. The summed E-state index contributed by atoms with van der Waals surface area (Å²) in [5, 5.41) is 18.2. The van der Waals surface area contributed by atoms with E-state index < -0.39 is 35.1 Å². The minimum Gasteiger partial charge on any atom is -0.378 e. The highest BCUT2D eigenvalue weighted by Gasteiger charge is 2.28. The normalized spacial score (nSPS) is 13.3. The first kappa shape index (κ1) is 21.3. The van der Waals surface area contributed by atoms with Crippen molar-refractivity contribution in [3.05, 3.63) is 70.9 Å². The molecule has 2 amide bonds. The molecule has 0 aliphatic carbocycles. The molecule has 164 valence electrons. The number of benzene rings is 2. The van der Waals surface area contributed by atoms with E-state index in [4.69, 9.17) is 0 Å². The van der Waals surface area contributed by atoms with E-state index in [2.05, 4.69) is 25.9 Å². The van der Waals surface area contributed by atoms with Gasteiger partial charge in [0.2, 0.25) is 0 Å². The average Bonchev–Trinajstić information content (AvgIpc) is 3.15. The molecule has 0 fully saturated rings. The first-order valence-electron chi connectivity index (χ1n) is 9.85. The standard InChI is InChI=1S/C22H19F2N5O3/c1-2-25-22(32)18(30)11-6-8-12(9-7-11)27-20-17-15(10-26-21(17)31)28-19(29-20)16-13(23)4-3-5-14(16)24/h3-9,18,30H,2,10H2,1H3,(H,25,32)(H,26,31)(H,27,28,29). The fraction of sp³-hybridized carbons (Fsp3) is 0.182. The third-order valence-corrected chi connectivity index (χ3v) is 4.90. The Morgan fingerprint density at radius 3 is 2.47 bits per heavy atom. The maximum atomic E-state index is 14.3. The fourth-order valence-electron chi connectivity index (χ4n) is 3.35. The summed E-state index contributed by atoms with van der Waals surface area (Å²) in [6.07, 6.45) is -1.33. The van der Waals surface area contributed by atoms with E-state index in [-0.39, 0.29) is 23.8 Å². The Labute approximate surface area is 181 Å². The van der Waals surface area contributed by atoms with Crippen LogP contribution in [0.3, 0.4) is 0 Å². The SMILES string of the molecule is CCNC(=O)C(O)c1ccc(Nc2nc(-c3c(F)cccc3F)nc3c2C(=O)NC3)cc1. The number of carbonyl (C=O) groups excluding carboxylic acids is 2. The van der Waals surface area contributed by atoms with E-state index >= 15 is 0 Å². The lowest BCUT2D eigenvalue weighted by atomic mass is 10.1. The lowest BCUT2D eigenvalue weighted by Gasteiger charge is -2.14. The number of carbonyl (C=O) groups is 2. The smallest absolute Gasteiger partial charge is 0.257 e. The van der Waals surface area contributed by atoms with Crippen molar-refractivity contribution in [2.75, 3.05) is 11.9 Å². The van der Waals surface area contributed by atoms with E-state index in [0.29, 0.717) is 23.5 Å². The Kier molecular flexibility index (Phi) is 5.78. The molecule has 0 radical (unpaired) electrons. The van der Waals surface area contributed by atoms with Crippen molar-refractivity contribution in [1.29, 1.82) is 0 Å². The molecule has 10 heteroatoms. The van der Waals surface area contributed by atoms with Crippen molar-refractivity contribution in [2.24, 2.45) is 0 Å². The zero-order valence-electron chi connectivity index (χ0n) is 16.9. The van der Waals surface area contributed by atoms with Crippen LogP contribution in [0.2, 0.25) is 0 Å². The summed E-state index contributed by atoms with van der Waals surface area (Å²) in [5.41, 5.74) is 0.960. The predicted octanol–water partition coefficient (Wildman–Crippen LogP) is 2.58. The van der Waals surface area contributed by atoms with Crippen LogP contribution in [-0.2, 0) is 11.3 Å². The fourth-order valence-corrected chi connectivity index (χ4v) is 3.35. The van der Waals surface area contributed by atoms with Crippen LogP contribution in [0.5, 0.6) is 0 Å². The van der Waals surface area contributed by atoms with Gasteiger partial charge >= 0.3 is 0 Å².